The zero-order valence-corrected chi connectivity index (χ0v) is 15.4. The van der Waals surface area contributed by atoms with Crippen LogP contribution < -0.4 is 19.7 Å². The number of ether oxygens (including phenoxy) is 2. The molecule has 0 spiro atoms. The Bertz CT molecular complexity index is 886. The highest BCUT2D eigenvalue weighted by Crippen LogP contribution is 2.34. The molecular formula is C20H19ClN2O4. The van der Waals surface area contributed by atoms with Crippen molar-refractivity contribution in [3.8, 4) is 11.5 Å². The van der Waals surface area contributed by atoms with Crippen LogP contribution in [0.3, 0.4) is 0 Å². The molecule has 0 radical (unpaired) electrons. The van der Waals surface area contributed by atoms with Gasteiger partial charge in [-0.3, -0.25) is 9.59 Å². The molecule has 0 aromatic heterocycles. The van der Waals surface area contributed by atoms with E-state index in [1.165, 1.54) is 0 Å². The topological polar surface area (TPSA) is 67.9 Å². The van der Waals surface area contributed by atoms with E-state index in [-0.39, 0.29) is 18.2 Å². The number of anilines is 2. The number of nitrogens with zero attached hydrogens (tertiary/aromatic N) is 1. The minimum atomic E-state index is -0.440. The van der Waals surface area contributed by atoms with Gasteiger partial charge < -0.3 is 19.7 Å². The van der Waals surface area contributed by atoms with E-state index in [1.54, 1.807) is 41.3 Å². The standard InChI is InChI=1S/C20H19ClN2O4/c21-15-4-1-2-5-16(15)23-12-13(10-19(23)24)20(25)22-14-6-7-17-18(11-14)27-9-3-8-26-17/h1-2,4-7,11,13H,3,8-10,12H2,(H,22,25). The summed E-state index contributed by atoms with van der Waals surface area (Å²) in [4.78, 5) is 26.6. The molecule has 1 unspecified atom stereocenters. The van der Waals surface area contributed by atoms with E-state index in [0.29, 0.717) is 47.7 Å². The van der Waals surface area contributed by atoms with Crippen LogP contribution in [0.5, 0.6) is 11.5 Å². The number of hydrogen-bond acceptors (Lipinski definition) is 4. The zero-order valence-electron chi connectivity index (χ0n) is 14.6. The van der Waals surface area contributed by atoms with E-state index >= 15 is 0 Å². The molecule has 2 aromatic carbocycles. The van der Waals surface area contributed by atoms with Gasteiger partial charge >= 0.3 is 0 Å². The number of benzene rings is 2. The lowest BCUT2D eigenvalue weighted by Gasteiger charge is -2.18. The van der Waals surface area contributed by atoms with Crippen LogP contribution in [0, 0.1) is 5.92 Å². The van der Waals surface area contributed by atoms with Gasteiger partial charge in [-0.1, -0.05) is 23.7 Å². The first-order chi connectivity index (χ1) is 13.1. The van der Waals surface area contributed by atoms with Gasteiger partial charge in [-0.2, -0.15) is 0 Å². The molecule has 1 fully saturated rings. The molecule has 140 valence electrons. The van der Waals surface area contributed by atoms with Crippen molar-refractivity contribution in [2.45, 2.75) is 12.8 Å². The van der Waals surface area contributed by atoms with Gasteiger partial charge in [0.25, 0.3) is 0 Å². The van der Waals surface area contributed by atoms with Crippen molar-refractivity contribution in [3.63, 3.8) is 0 Å². The Hall–Kier alpha value is -2.73. The lowest BCUT2D eigenvalue weighted by Crippen LogP contribution is -2.28. The van der Waals surface area contributed by atoms with Crippen molar-refractivity contribution in [1.29, 1.82) is 0 Å². The Morgan fingerprint density at radius 1 is 1.11 bits per heavy atom. The maximum Gasteiger partial charge on any atom is 0.229 e. The molecular weight excluding hydrogens is 368 g/mol. The van der Waals surface area contributed by atoms with Gasteiger partial charge in [-0.25, -0.2) is 0 Å². The average molecular weight is 387 g/mol. The first kappa shape index (κ1) is 17.7. The SMILES string of the molecule is O=C(Nc1ccc2c(c1)OCCCO2)C1CC(=O)N(c2ccccc2Cl)C1. The molecule has 2 aromatic rings. The molecule has 27 heavy (non-hydrogen) atoms. The summed E-state index contributed by atoms with van der Waals surface area (Å²) in [5.41, 5.74) is 1.25. The highest BCUT2D eigenvalue weighted by molar-refractivity contribution is 6.33. The van der Waals surface area contributed by atoms with Crippen LogP contribution in [0.1, 0.15) is 12.8 Å². The van der Waals surface area contributed by atoms with Crippen molar-refractivity contribution in [3.05, 3.63) is 47.5 Å². The zero-order chi connectivity index (χ0) is 18.8. The summed E-state index contributed by atoms with van der Waals surface area (Å²) >= 11 is 6.19. The molecule has 2 amide bonds. The third-order valence-corrected chi connectivity index (χ3v) is 4.97. The number of rotatable bonds is 3. The molecule has 0 saturated carbocycles. The van der Waals surface area contributed by atoms with Crippen LogP contribution >= 0.6 is 11.6 Å². The Labute approximate surface area is 162 Å². The van der Waals surface area contributed by atoms with Crippen LogP contribution in [0.4, 0.5) is 11.4 Å². The second-order valence-electron chi connectivity index (χ2n) is 6.56. The minimum Gasteiger partial charge on any atom is -0.490 e. The Balaban J connectivity index is 1.46. The number of nitrogens with one attached hydrogen (secondary N) is 1. The fourth-order valence-electron chi connectivity index (χ4n) is 3.27. The molecule has 4 rings (SSSR count). The van der Waals surface area contributed by atoms with Gasteiger partial charge in [0, 0.05) is 31.1 Å². The van der Waals surface area contributed by atoms with Gasteiger partial charge in [0.1, 0.15) is 0 Å². The average Bonchev–Trinajstić information content (AvgIpc) is 2.89. The molecule has 2 aliphatic rings. The van der Waals surface area contributed by atoms with Crippen molar-refractivity contribution >= 4 is 34.8 Å². The number of halogens is 1. The molecule has 2 heterocycles. The predicted molar refractivity (Wildman–Crippen MR) is 103 cm³/mol. The van der Waals surface area contributed by atoms with Crippen molar-refractivity contribution in [2.24, 2.45) is 5.92 Å². The smallest absolute Gasteiger partial charge is 0.229 e. The maximum absolute atomic E-state index is 12.7. The van der Waals surface area contributed by atoms with Gasteiger partial charge in [-0.05, 0) is 24.3 Å². The van der Waals surface area contributed by atoms with Gasteiger partial charge in [0.15, 0.2) is 11.5 Å². The normalized spacial score (nSPS) is 18.9. The molecule has 0 bridgehead atoms. The highest BCUT2D eigenvalue weighted by Gasteiger charge is 2.36. The fraction of sp³-hybridized carbons (Fsp3) is 0.300. The summed E-state index contributed by atoms with van der Waals surface area (Å²) in [7, 11) is 0. The van der Waals surface area contributed by atoms with E-state index in [1.807, 2.05) is 6.07 Å². The van der Waals surface area contributed by atoms with Gasteiger partial charge in [-0.15, -0.1) is 0 Å². The second-order valence-corrected chi connectivity index (χ2v) is 6.97. The van der Waals surface area contributed by atoms with Crippen molar-refractivity contribution in [2.75, 3.05) is 30.0 Å². The van der Waals surface area contributed by atoms with Crippen LogP contribution in [-0.4, -0.2) is 31.6 Å². The van der Waals surface area contributed by atoms with Crippen LogP contribution in [0.25, 0.3) is 0 Å². The second kappa shape index (κ2) is 7.48. The quantitative estimate of drug-likeness (QED) is 0.876. The van der Waals surface area contributed by atoms with Crippen molar-refractivity contribution in [1.82, 2.24) is 0 Å². The Morgan fingerprint density at radius 3 is 2.70 bits per heavy atom. The summed E-state index contributed by atoms with van der Waals surface area (Å²) in [5.74, 6) is 0.538. The molecule has 0 aliphatic carbocycles. The number of hydrogen-bond donors (Lipinski definition) is 1. The van der Waals surface area contributed by atoms with E-state index in [0.717, 1.165) is 6.42 Å². The lowest BCUT2D eigenvalue weighted by molar-refractivity contribution is -0.122. The van der Waals surface area contributed by atoms with E-state index < -0.39 is 5.92 Å². The molecule has 6 nitrogen and oxygen atoms in total. The van der Waals surface area contributed by atoms with Crippen LogP contribution in [0.2, 0.25) is 5.02 Å². The summed E-state index contributed by atoms with van der Waals surface area (Å²) in [6.07, 6.45) is 0.972. The van der Waals surface area contributed by atoms with Crippen molar-refractivity contribution < 1.29 is 19.1 Å². The number of fused-ring (bicyclic) bond motifs is 1. The largest absolute Gasteiger partial charge is 0.490 e. The van der Waals surface area contributed by atoms with Crippen LogP contribution in [-0.2, 0) is 9.59 Å². The van der Waals surface area contributed by atoms with Crippen LogP contribution in [0.15, 0.2) is 42.5 Å². The Morgan fingerprint density at radius 2 is 1.89 bits per heavy atom. The molecule has 1 saturated heterocycles. The predicted octanol–water partition coefficient (Wildman–Crippen LogP) is 3.49. The summed E-state index contributed by atoms with van der Waals surface area (Å²) in [5, 5.41) is 3.37. The fourth-order valence-corrected chi connectivity index (χ4v) is 3.51. The van der Waals surface area contributed by atoms with E-state index in [9.17, 15) is 9.59 Å². The Kier molecular flexibility index (Phi) is 4.90. The first-order valence-corrected chi connectivity index (χ1v) is 9.25. The maximum atomic E-state index is 12.7. The number of carbonyl (C=O) groups excluding carboxylic acids is 2. The molecule has 7 heteroatoms. The first-order valence-electron chi connectivity index (χ1n) is 8.87. The molecule has 2 aliphatic heterocycles. The minimum absolute atomic E-state index is 0.109. The van der Waals surface area contributed by atoms with E-state index in [4.69, 9.17) is 21.1 Å². The van der Waals surface area contributed by atoms with Gasteiger partial charge in [0.05, 0.1) is 29.8 Å². The molecule has 1 atom stereocenters. The summed E-state index contributed by atoms with van der Waals surface area (Å²) < 4.78 is 11.2. The van der Waals surface area contributed by atoms with Gasteiger partial charge in [0.2, 0.25) is 11.8 Å². The third kappa shape index (κ3) is 3.71. The summed E-state index contributed by atoms with van der Waals surface area (Å²) in [6, 6.07) is 12.4. The lowest BCUT2D eigenvalue weighted by atomic mass is 10.1. The van der Waals surface area contributed by atoms with E-state index in [2.05, 4.69) is 5.32 Å². The number of amides is 2. The number of para-hydroxylation sites is 1. The highest BCUT2D eigenvalue weighted by atomic mass is 35.5. The molecule has 1 N–H and O–H groups in total. The number of carbonyl (C=O) groups is 2. The monoisotopic (exact) mass is 386 g/mol. The third-order valence-electron chi connectivity index (χ3n) is 4.65. The summed E-state index contributed by atoms with van der Waals surface area (Å²) in [6.45, 7) is 1.49.